The number of hydrogen-bond acceptors (Lipinski definition) is 4. The summed E-state index contributed by atoms with van der Waals surface area (Å²) >= 11 is 0. The van der Waals surface area contributed by atoms with Crippen LogP contribution < -0.4 is 4.90 Å². The third-order valence-corrected chi connectivity index (χ3v) is 4.83. The molecule has 3 rings (SSSR count). The van der Waals surface area contributed by atoms with Crippen molar-refractivity contribution in [1.82, 2.24) is 9.88 Å². The zero-order valence-electron chi connectivity index (χ0n) is 12.5. The fourth-order valence-corrected chi connectivity index (χ4v) is 3.58. The molecular weight excluding hydrogens is 250 g/mol. The Morgan fingerprint density at radius 3 is 2.90 bits per heavy atom. The highest BCUT2D eigenvalue weighted by Crippen LogP contribution is 2.27. The molecule has 1 N–H and O–H groups in total. The van der Waals surface area contributed by atoms with Gasteiger partial charge in [0.1, 0.15) is 5.82 Å². The van der Waals surface area contributed by atoms with Crippen LogP contribution in [0.2, 0.25) is 0 Å². The van der Waals surface area contributed by atoms with Crippen LogP contribution in [0.5, 0.6) is 0 Å². The monoisotopic (exact) mass is 275 g/mol. The van der Waals surface area contributed by atoms with Crippen LogP contribution in [0.3, 0.4) is 0 Å². The van der Waals surface area contributed by atoms with Crippen molar-refractivity contribution in [3.05, 3.63) is 23.4 Å². The van der Waals surface area contributed by atoms with Gasteiger partial charge in [-0.15, -0.1) is 0 Å². The molecule has 1 aromatic rings. The van der Waals surface area contributed by atoms with Crippen molar-refractivity contribution in [1.29, 1.82) is 0 Å². The average molecular weight is 275 g/mol. The number of aromatic nitrogens is 1. The number of nitrogens with zero attached hydrogens (tertiary/aromatic N) is 3. The molecule has 4 nitrogen and oxygen atoms in total. The third-order valence-electron chi connectivity index (χ3n) is 4.83. The summed E-state index contributed by atoms with van der Waals surface area (Å²) in [5.74, 6) is 1.07. The van der Waals surface area contributed by atoms with Gasteiger partial charge in [-0.1, -0.05) is 12.5 Å². The number of hydrogen-bond donors (Lipinski definition) is 1. The minimum absolute atomic E-state index is 0.0745. The molecule has 0 aromatic carbocycles. The fraction of sp³-hybridized carbons (Fsp3) is 0.688. The first-order chi connectivity index (χ1) is 9.69. The van der Waals surface area contributed by atoms with Gasteiger partial charge in [0.2, 0.25) is 0 Å². The largest absolute Gasteiger partial charge is 0.392 e. The van der Waals surface area contributed by atoms with E-state index in [4.69, 9.17) is 4.98 Å². The van der Waals surface area contributed by atoms with Crippen molar-refractivity contribution in [2.75, 3.05) is 24.5 Å². The van der Waals surface area contributed by atoms with Crippen LogP contribution in [-0.2, 0) is 6.61 Å². The van der Waals surface area contributed by atoms with Crippen LogP contribution in [0.1, 0.15) is 37.4 Å². The predicted octanol–water partition coefficient (Wildman–Crippen LogP) is 1.95. The molecule has 110 valence electrons. The average Bonchev–Trinajstić information content (AvgIpc) is 2.46. The number of aryl methyl sites for hydroxylation is 1. The molecule has 2 aliphatic rings. The second-order valence-corrected chi connectivity index (χ2v) is 6.22. The molecule has 2 saturated heterocycles. The summed E-state index contributed by atoms with van der Waals surface area (Å²) < 4.78 is 0. The van der Waals surface area contributed by atoms with Crippen molar-refractivity contribution >= 4 is 5.82 Å². The minimum Gasteiger partial charge on any atom is -0.392 e. The van der Waals surface area contributed by atoms with Crippen LogP contribution in [0.15, 0.2) is 12.1 Å². The highest BCUT2D eigenvalue weighted by Gasteiger charge is 2.33. The van der Waals surface area contributed by atoms with E-state index in [1.807, 2.05) is 13.0 Å². The van der Waals surface area contributed by atoms with E-state index in [1.54, 1.807) is 0 Å². The highest BCUT2D eigenvalue weighted by molar-refractivity contribution is 5.43. The Kier molecular flexibility index (Phi) is 3.94. The van der Waals surface area contributed by atoms with E-state index in [0.717, 1.165) is 30.2 Å². The SMILES string of the molecule is Cc1nc(N2CC3CCCCN3CC2C)ccc1CO. The van der Waals surface area contributed by atoms with Gasteiger partial charge in [0, 0.05) is 30.9 Å². The summed E-state index contributed by atoms with van der Waals surface area (Å²) in [6.07, 6.45) is 4.03. The van der Waals surface area contributed by atoms with Crippen LogP contribution in [0, 0.1) is 6.92 Å². The number of fused-ring (bicyclic) bond motifs is 1. The van der Waals surface area contributed by atoms with Gasteiger partial charge in [0.05, 0.1) is 6.61 Å². The predicted molar refractivity (Wildman–Crippen MR) is 80.9 cm³/mol. The zero-order chi connectivity index (χ0) is 14.1. The lowest BCUT2D eigenvalue weighted by Crippen LogP contribution is -2.59. The molecule has 20 heavy (non-hydrogen) atoms. The number of piperazine rings is 1. The summed E-state index contributed by atoms with van der Waals surface area (Å²) in [5, 5.41) is 9.27. The first-order valence-electron chi connectivity index (χ1n) is 7.77. The van der Waals surface area contributed by atoms with Gasteiger partial charge in [-0.05, 0) is 44.9 Å². The van der Waals surface area contributed by atoms with Crippen LogP contribution >= 0.6 is 0 Å². The number of anilines is 1. The van der Waals surface area contributed by atoms with E-state index >= 15 is 0 Å². The number of aliphatic hydroxyl groups is 1. The van der Waals surface area contributed by atoms with E-state index in [9.17, 15) is 5.11 Å². The zero-order valence-corrected chi connectivity index (χ0v) is 12.5. The third kappa shape index (κ3) is 2.54. The van der Waals surface area contributed by atoms with E-state index in [1.165, 1.54) is 25.8 Å². The van der Waals surface area contributed by atoms with E-state index in [2.05, 4.69) is 22.8 Å². The summed E-state index contributed by atoms with van der Waals surface area (Å²) in [6.45, 7) is 7.85. The lowest BCUT2D eigenvalue weighted by atomic mass is 9.97. The van der Waals surface area contributed by atoms with Crippen molar-refractivity contribution in [3.63, 3.8) is 0 Å². The Labute approximate surface area is 121 Å². The molecule has 2 atom stereocenters. The van der Waals surface area contributed by atoms with Gasteiger partial charge >= 0.3 is 0 Å². The van der Waals surface area contributed by atoms with Gasteiger partial charge in [0.15, 0.2) is 0 Å². The smallest absolute Gasteiger partial charge is 0.129 e. The maximum Gasteiger partial charge on any atom is 0.129 e. The van der Waals surface area contributed by atoms with Crippen LogP contribution in [0.25, 0.3) is 0 Å². The Morgan fingerprint density at radius 1 is 1.30 bits per heavy atom. The van der Waals surface area contributed by atoms with Crippen molar-refractivity contribution in [3.8, 4) is 0 Å². The van der Waals surface area contributed by atoms with Gasteiger partial charge < -0.3 is 10.0 Å². The van der Waals surface area contributed by atoms with Crippen molar-refractivity contribution in [2.24, 2.45) is 0 Å². The van der Waals surface area contributed by atoms with Crippen molar-refractivity contribution < 1.29 is 5.11 Å². The molecule has 2 unspecified atom stereocenters. The minimum atomic E-state index is 0.0745. The molecule has 0 saturated carbocycles. The topological polar surface area (TPSA) is 39.6 Å². The van der Waals surface area contributed by atoms with Crippen LogP contribution in [-0.4, -0.2) is 46.7 Å². The maximum atomic E-state index is 9.27. The first kappa shape index (κ1) is 13.8. The second kappa shape index (κ2) is 5.70. The second-order valence-electron chi connectivity index (χ2n) is 6.22. The van der Waals surface area contributed by atoms with Gasteiger partial charge in [0.25, 0.3) is 0 Å². The summed E-state index contributed by atoms with van der Waals surface area (Å²) in [4.78, 5) is 9.80. The Bertz CT molecular complexity index is 477. The van der Waals surface area contributed by atoms with Crippen molar-refractivity contribution in [2.45, 2.75) is 51.8 Å². The fourth-order valence-electron chi connectivity index (χ4n) is 3.58. The lowest BCUT2D eigenvalue weighted by molar-refractivity contribution is 0.115. The normalized spacial score (nSPS) is 27.4. The number of pyridine rings is 1. The molecule has 1 aromatic heterocycles. The lowest BCUT2D eigenvalue weighted by Gasteiger charge is -2.48. The Hall–Kier alpha value is -1.13. The molecular formula is C16H25N3O. The quantitative estimate of drug-likeness (QED) is 0.895. The van der Waals surface area contributed by atoms with E-state index in [0.29, 0.717) is 12.1 Å². The standard InChI is InChI=1S/C16H25N3O/c1-12-9-18-8-4-3-5-15(18)10-19(12)16-7-6-14(11-20)13(2)17-16/h6-7,12,15,20H,3-5,8-11H2,1-2H3. The van der Waals surface area contributed by atoms with Gasteiger partial charge in [-0.25, -0.2) is 4.98 Å². The molecule has 3 heterocycles. The summed E-state index contributed by atoms with van der Waals surface area (Å²) in [6, 6.07) is 5.28. The molecule has 2 aliphatic heterocycles. The summed E-state index contributed by atoms with van der Waals surface area (Å²) in [5.41, 5.74) is 1.88. The molecule has 4 heteroatoms. The number of aliphatic hydroxyl groups excluding tert-OH is 1. The molecule has 0 bridgehead atoms. The molecule has 0 aliphatic carbocycles. The van der Waals surface area contributed by atoms with Gasteiger partial charge in [-0.3, -0.25) is 4.90 Å². The Morgan fingerprint density at radius 2 is 2.15 bits per heavy atom. The molecule has 0 amide bonds. The van der Waals surface area contributed by atoms with Crippen LogP contribution in [0.4, 0.5) is 5.82 Å². The molecule has 2 fully saturated rings. The van der Waals surface area contributed by atoms with E-state index < -0.39 is 0 Å². The first-order valence-corrected chi connectivity index (χ1v) is 7.77. The molecule has 0 radical (unpaired) electrons. The maximum absolute atomic E-state index is 9.27. The van der Waals surface area contributed by atoms with E-state index in [-0.39, 0.29) is 6.61 Å². The van der Waals surface area contributed by atoms with Gasteiger partial charge in [-0.2, -0.15) is 0 Å². The highest BCUT2D eigenvalue weighted by atomic mass is 16.3. The number of piperidine rings is 1. The summed E-state index contributed by atoms with van der Waals surface area (Å²) in [7, 11) is 0. The number of rotatable bonds is 2. The Balaban J connectivity index is 1.80. The molecule has 0 spiro atoms.